The van der Waals surface area contributed by atoms with Crippen LogP contribution in [-0.4, -0.2) is 15.6 Å². The Bertz CT molecular complexity index is 1730. The van der Waals surface area contributed by atoms with Gasteiger partial charge in [-0.1, -0.05) is 72.8 Å². The predicted octanol–water partition coefficient (Wildman–Crippen LogP) is 7.76. The Kier molecular flexibility index (Phi) is 5.47. The number of aromatic carboxylic acids is 1. The fourth-order valence-electron chi connectivity index (χ4n) is 4.87. The summed E-state index contributed by atoms with van der Waals surface area (Å²) in [5, 5.41) is 16.3. The van der Waals surface area contributed by atoms with Crippen LogP contribution in [0.25, 0.3) is 38.5 Å². The van der Waals surface area contributed by atoms with Gasteiger partial charge in [-0.25, -0.2) is 4.79 Å². The Hall–Kier alpha value is -4.83. The van der Waals surface area contributed by atoms with Gasteiger partial charge in [0.15, 0.2) is 0 Å². The van der Waals surface area contributed by atoms with Crippen molar-refractivity contribution < 1.29 is 9.90 Å². The summed E-state index contributed by atoms with van der Waals surface area (Å²) in [6.45, 7) is 0.595. The Balaban J connectivity index is 1.34. The molecule has 0 radical (unpaired) electrons. The molecule has 1 heterocycles. The van der Waals surface area contributed by atoms with Crippen molar-refractivity contribution in [2.75, 3.05) is 5.32 Å². The molecule has 0 atom stereocenters. The number of aromatic nitrogens is 1. The predicted molar refractivity (Wildman–Crippen MR) is 147 cm³/mol. The third kappa shape index (κ3) is 3.99. The monoisotopic (exact) mass is 468 g/mol. The van der Waals surface area contributed by atoms with Crippen LogP contribution in [0.4, 0.5) is 5.69 Å². The molecule has 0 spiro atoms. The zero-order chi connectivity index (χ0) is 24.5. The molecule has 0 aliphatic heterocycles. The second-order valence-electron chi connectivity index (χ2n) is 8.86. The Morgan fingerprint density at radius 3 is 2.36 bits per heavy atom. The summed E-state index contributed by atoms with van der Waals surface area (Å²) in [7, 11) is 0. The molecule has 0 unspecified atom stereocenters. The second kappa shape index (κ2) is 9.08. The van der Waals surface area contributed by atoms with Crippen LogP contribution in [0.5, 0.6) is 0 Å². The summed E-state index contributed by atoms with van der Waals surface area (Å²) in [6.07, 6.45) is 2.13. The average Bonchev–Trinajstić information content (AvgIpc) is 3.36. The van der Waals surface area contributed by atoms with Crippen LogP contribution < -0.4 is 5.32 Å². The number of benzene rings is 5. The van der Waals surface area contributed by atoms with E-state index in [9.17, 15) is 9.90 Å². The van der Waals surface area contributed by atoms with Crippen LogP contribution in [0.2, 0.25) is 0 Å². The highest BCUT2D eigenvalue weighted by Gasteiger charge is 2.11. The molecule has 4 heteroatoms. The first-order valence-electron chi connectivity index (χ1n) is 11.9. The maximum absolute atomic E-state index is 11.3. The van der Waals surface area contributed by atoms with Gasteiger partial charge in [-0.3, -0.25) is 0 Å². The number of hydrogen-bond acceptors (Lipinski definition) is 2. The topological polar surface area (TPSA) is 54.3 Å². The van der Waals surface area contributed by atoms with Crippen LogP contribution >= 0.6 is 0 Å². The highest BCUT2D eigenvalue weighted by Crippen LogP contribution is 2.35. The summed E-state index contributed by atoms with van der Waals surface area (Å²) in [4.78, 5) is 11.3. The highest BCUT2D eigenvalue weighted by atomic mass is 16.4. The number of carboxylic acids is 1. The van der Waals surface area contributed by atoms with E-state index in [1.807, 2.05) is 6.07 Å². The molecule has 4 nitrogen and oxygen atoms in total. The third-order valence-corrected chi connectivity index (χ3v) is 6.61. The van der Waals surface area contributed by atoms with Crippen LogP contribution in [-0.2, 0) is 6.54 Å². The molecule has 6 aromatic rings. The Morgan fingerprint density at radius 1 is 0.722 bits per heavy atom. The van der Waals surface area contributed by atoms with Crippen molar-refractivity contribution in [3.63, 3.8) is 0 Å². The molecule has 36 heavy (non-hydrogen) atoms. The molecule has 1 aromatic heterocycles. The van der Waals surface area contributed by atoms with Crippen molar-refractivity contribution >= 4 is 33.3 Å². The van der Waals surface area contributed by atoms with E-state index in [0.29, 0.717) is 6.54 Å². The zero-order valence-corrected chi connectivity index (χ0v) is 19.6. The van der Waals surface area contributed by atoms with Crippen LogP contribution in [0, 0.1) is 0 Å². The fraction of sp³-hybridized carbons (Fsp3) is 0.0312. The van der Waals surface area contributed by atoms with Crippen molar-refractivity contribution in [1.82, 2.24) is 4.57 Å². The van der Waals surface area contributed by atoms with E-state index in [4.69, 9.17) is 0 Å². The van der Waals surface area contributed by atoms with Gasteiger partial charge in [-0.15, -0.1) is 0 Å². The van der Waals surface area contributed by atoms with E-state index in [0.717, 1.165) is 22.5 Å². The van der Waals surface area contributed by atoms with Crippen molar-refractivity contribution in [3.05, 3.63) is 133 Å². The van der Waals surface area contributed by atoms with Gasteiger partial charge in [-0.05, 0) is 69.9 Å². The first-order chi connectivity index (χ1) is 17.7. The van der Waals surface area contributed by atoms with E-state index >= 15 is 0 Å². The number of nitrogens with zero attached hydrogens (tertiary/aromatic N) is 1. The molecular weight excluding hydrogens is 444 g/mol. The molecular formula is C32H24N2O2. The van der Waals surface area contributed by atoms with Gasteiger partial charge in [0, 0.05) is 29.5 Å². The number of carbonyl (C=O) groups is 1. The molecule has 0 bridgehead atoms. The number of hydrogen-bond donors (Lipinski definition) is 2. The summed E-state index contributed by atoms with van der Waals surface area (Å²) in [5.41, 5.74) is 6.86. The first-order valence-corrected chi connectivity index (χ1v) is 11.9. The van der Waals surface area contributed by atoms with Gasteiger partial charge >= 0.3 is 5.97 Å². The molecule has 0 fully saturated rings. The summed E-state index contributed by atoms with van der Waals surface area (Å²) < 4.78 is 2.22. The van der Waals surface area contributed by atoms with Crippen molar-refractivity contribution in [1.29, 1.82) is 0 Å². The van der Waals surface area contributed by atoms with Crippen LogP contribution in [0.15, 0.2) is 121 Å². The lowest BCUT2D eigenvalue weighted by molar-refractivity contribution is 0.0697. The number of carboxylic acid groups (broad SMARTS) is 1. The molecule has 0 amide bonds. The van der Waals surface area contributed by atoms with E-state index in [1.165, 1.54) is 27.3 Å². The summed E-state index contributed by atoms with van der Waals surface area (Å²) >= 11 is 0. The second-order valence-corrected chi connectivity index (χ2v) is 8.86. The summed E-state index contributed by atoms with van der Waals surface area (Å²) in [6, 6.07) is 38.9. The largest absolute Gasteiger partial charge is 0.478 e. The molecule has 0 saturated carbocycles. The van der Waals surface area contributed by atoms with Crippen molar-refractivity contribution in [2.45, 2.75) is 6.54 Å². The molecule has 0 aliphatic rings. The molecule has 174 valence electrons. The maximum atomic E-state index is 11.3. The first kappa shape index (κ1) is 21.7. The average molecular weight is 469 g/mol. The van der Waals surface area contributed by atoms with Gasteiger partial charge in [-0.2, -0.15) is 0 Å². The molecule has 5 aromatic carbocycles. The van der Waals surface area contributed by atoms with Gasteiger partial charge in [0.1, 0.15) is 0 Å². The Labute approximate surface area is 209 Å². The van der Waals surface area contributed by atoms with Crippen LogP contribution in [0.3, 0.4) is 0 Å². The van der Waals surface area contributed by atoms with E-state index in [2.05, 4.69) is 107 Å². The number of nitrogens with one attached hydrogen (secondary N) is 1. The van der Waals surface area contributed by atoms with Crippen molar-refractivity contribution in [2.24, 2.45) is 0 Å². The minimum atomic E-state index is -0.928. The summed E-state index contributed by atoms with van der Waals surface area (Å²) in [5.74, 6) is -0.928. The zero-order valence-electron chi connectivity index (χ0n) is 19.6. The molecule has 0 saturated heterocycles. The lowest BCUT2D eigenvalue weighted by atomic mass is 9.96. The van der Waals surface area contributed by atoms with E-state index in [1.54, 1.807) is 18.2 Å². The quantitative estimate of drug-likeness (QED) is 0.263. The minimum Gasteiger partial charge on any atom is -0.478 e. The van der Waals surface area contributed by atoms with Gasteiger partial charge in [0.2, 0.25) is 0 Å². The molecule has 6 rings (SSSR count). The maximum Gasteiger partial charge on any atom is 0.335 e. The van der Waals surface area contributed by atoms with Crippen LogP contribution in [0.1, 0.15) is 15.9 Å². The third-order valence-electron chi connectivity index (χ3n) is 6.61. The number of rotatable bonds is 6. The molecule has 0 aliphatic carbocycles. The van der Waals surface area contributed by atoms with E-state index in [-0.39, 0.29) is 5.56 Å². The lowest BCUT2D eigenvalue weighted by Crippen LogP contribution is -2.03. The Morgan fingerprint density at radius 2 is 1.47 bits per heavy atom. The lowest BCUT2D eigenvalue weighted by Gasteiger charge is -2.12. The van der Waals surface area contributed by atoms with E-state index < -0.39 is 5.97 Å². The number of fused-ring (bicyclic) bond motifs is 2. The van der Waals surface area contributed by atoms with Gasteiger partial charge in [0.05, 0.1) is 11.1 Å². The standard InChI is InChI=1S/C32H24N2O2/c35-32(36)24-10-4-11-25(20-24)33-21-22-7-3-12-26(19-22)34-18-17-30-29(15-6-16-31(30)34)28-14-5-9-23-8-1-2-13-27(23)28/h1-20,33H,21H2,(H,35,36). The highest BCUT2D eigenvalue weighted by molar-refractivity contribution is 6.05. The SMILES string of the molecule is O=C(O)c1cccc(NCc2cccc(-n3ccc4c(-c5cccc6ccccc56)cccc43)c2)c1. The fourth-order valence-corrected chi connectivity index (χ4v) is 4.87. The normalized spacial score (nSPS) is 11.1. The minimum absolute atomic E-state index is 0.273. The van der Waals surface area contributed by atoms with Gasteiger partial charge < -0.3 is 15.0 Å². The smallest absolute Gasteiger partial charge is 0.335 e. The number of anilines is 1. The van der Waals surface area contributed by atoms with Crippen molar-refractivity contribution in [3.8, 4) is 16.8 Å². The van der Waals surface area contributed by atoms with Gasteiger partial charge in [0.25, 0.3) is 0 Å². The molecule has 2 N–H and O–H groups in total.